The Hall–Kier alpha value is -1.13. The molecule has 0 aliphatic carbocycles. The summed E-state index contributed by atoms with van der Waals surface area (Å²) in [7, 11) is 0. The number of nitriles is 2. The molecule has 6 heteroatoms. The molecule has 100 valence electrons. The summed E-state index contributed by atoms with van der Waals surface area (Å²) in [6.45, 7) is 6.28. The number of benzene rings is 1. The molecule has 0 spiro atoms. The maximum absolute atomic E-state index is 9.06. The van der Waals surface area contributed by atoms with E-state index in [4.69, 9.17) is 50.1 Å². The number of nitrogens with zero attached hydrogens (tertiary/aromatic N) is 2. The number of halogens is 3. The Morgan fingerprint density at radius 3 is 1.84 bits per heavy atom. The average Bonchev–Trinajstić information content (AvgIpc) is 2.31. The number of ether oxygens (including phenoxy) is 1. The van der Waals surface area contributed by atoms with E-state index in [0.717, 1.165) is 0 Å². The van der Waals surface area contributed by atoms with Crippen molar-refractivity contribution in [1.29, 1.82) is 10.5 Å². The lowest BCUT2D eigenvalue weighted by molar-refractivity contribution is 0.198. The van der Waals surface area contributed by atoms with Gasteiger partial charge in [-0.05, 0) is 5.41 Å². The van der Waals surface area contributed by atoms with Crippen molar-refractivity contribution in [3.05, 3.63) is 26.2 Å². The zero-order valence-corrected chi connectivity index (χ0v) is 12.9. The Kier molecular flexibility index (Phi) is 4.93. The van der Waals surface area contributed by atoms with Gasteiger partial charge in [0.05, 0.1) is 22.8 Å². The van der Waals surface area contributed by atoms with Crippen molar-refractivity contribution in [1.82, 2.24) is 0 Å². The smallest absolute Gasteiger partial charge is 0.159 e. The first-order valence-electron chi connectivity index (χ1n) is 5.36. The second-order valence-corrected chi connectivity index (χ2v) is 6.23. The van der Waals surface area contributed by atoms with Gasteiger partial charge in [0.1, 0.15) is 22.2 Å². The monoisotopic (exact) mass is 316 g/mol. The summed E-state index contributed by atoms with van der Waals surface area (Å²) in [5.41, 5.74) is -0.176. The molecule has 1 rings (SSSR count). The predicted molar refractivity (Wildman–Crippen MR) is 75.9 cm³/mol. The normalized spacial score (nSPS) is 10.7. The first-order valence-corrected chi connectivity index (χ1v) is 6.49. The van der Waals surface area contributed by atoms with Crippen LogP contribution < -0.4 is 4.74 Å². The van der Waals surface area contributed by atoms with Gasteiger partial charge in [-0.3, -0.25) is 0 Å². The fraction of sp³-hybridized carbons (Fsp3) is 0.385. The van der Waals surface area contributed by atoms with Gasteiger partial charge in [-0.2, -0.15) is 10.5 Å². The van der Waals surface area contributed by atoms with Crippen LogP contribution in [0.5, 0.6) is 5.75 Å². The van der Waals surface area contributed by atoms with Crippen molar-refractivity contribution in [3.63, 3.8) is 0 Å². The van der Waals surface area contributed by atoms with Crippen molar-refractivity contribution in [2.75, 3.05) is 6.61 Å². The second kappa shape index (κ2) is 5.88. The Balaban J connectivity index is 3.40. The molecule has 0 saturated heterocycles. The van der Waals surface area contributed by atoms with Crippen LogP contribution in [-0.4, -0.2) is 6.61 Å². The number of rotatable bonds is 2. The van der Waals surface area contributed by atoms with E-state index in [0.29, 0.717) is 6.61 Å². The zero-order chi connectivity index (χ0) is 14.8. The lowest BCUT2D eigenvalue weighted by Crippen LogP contribution is -2.17. The van der Waals surface area contributed by atoms with E-state index in [1.807, 2.05) is 32.9 Å². The highest BCUT2D eigenvalue weighted by Crippen LogP contribution is 2.43. The third kappa shape index (κ3) is 3.45. The van der Waals surface area contributed by atoms with E-state index >= 15 is 0 Å². The van der Waals surface area contributed by atoms with Crippen LogP contribution >= 0.6 is 34.8 Å². The largest absolute Gasteiger partial charge is 0.490 e. The van der Waals surface area contributed by atoms with Gasteiger partial charge in [0.2, 0.25) is 0 Å². The minimum absolute atomic E-state index is 0.0118. The van der Waals surface area contributed by atoms with Crippen molar-refractivity contribution in [2.45, 2.75) is 20.8 Å². The SMILES string of the molecule is CC(C)(C)COc1c(Cl)c(Cl)c(C#N)c(C#N)c1Cl. The molecule has 0 unspecified atom stereocenters. The van der Waals surface area contributed by atoms with Crippen LogP contribution in [-0.2, 0) is 0 Å². The summed E-state index contributed by atoms with van der Waals surface area (Å²) in [5, 5.41) is 18.1. The summed E-state index contributed by atoms with van der Waals surface area (Å²) in [4.78, 5) is 0. The summed E-state index contributed by atoms with van der Waals surface area (Å²) >= 11 is 18.1. The fourth-order valence-corrected chi connectivity index (χ4v) is 2.06. The minimum Gasteiger partial charge on any atom is -0.490 e. The van der Waals surface area contributed by atoms with Crippen molar-refractivity contribution in [3.8, 4) is 17.9 Å². The highest BCUT2D eigenvalue weighted by molar-refractivity contribution is 6.46. The van der Waals surface area contributed by atoms with Crippen LogP contribution in [0.3, 0.4) is 0 Å². The van der Waals surface area contributed by atoms with Gasteiger partial charge in [0.15, 0.2) is 5.75 Å². The molecule has 0 amide bonds. The van der Waals surface area contributed by atoms with Gasteiger partial charge in [0.25, 0.3) is 0 Å². The third-order valence-electron chi connectivity index (χ3n) is 2.15. The molecule has 0 aliphatic rings. The molecule has 0 aromatic heterocycles. The Morgan fingerprint density at radius 1 is 0.947 bits per heavy atom. The predicted octanol–water partition coefficient (Wildman–Crippen LogP) is 4.82. The first-order chi connectivity index (χ1) is 8.72. The van der Waals surface area contributed by atoms with Crippen LogP contribution in [0.25, 0.3) is 0 Å². The molecule has 0 atom stereocenters. The van der Waals surface area contributed by atoms with Gasteiger partial charge in [-0.25, -0.2) is 0 Å². The van der Waals surface area contributed by atoms with E-state index < -0.39 is 0 Å². The molecule has 1 aromatic carbocycles. The molecule has 0 N–H and O–H groups in total. The van der Waals surface area contributed by atoms with Crippen LogP contribution in [0, 0.1) is 28.1 Å². The maximum atomic E-state index is 9.06. The molecule has 3 nitrogen and oxygen atoms in total. The average molecular weight is 318 g/mol. The molecular formula is C13H11Cl3N2O. The lowest BCUT2D eigenvalue weighted by atomic mass is 9.98. The van der Waals surface area contributed by atoms with Gasteiger partial charge < -0.3 is 4.74 Å². The van der Waals surface area contributed by atoms with Gasteiger partial charge in [0, 0.05) is 0 Å². The molecule has 0 radical (unpaired) electrons. The van der Waals surface area contributed by atoms with Gasteiger partial charge in [-0.1, -0.05) is 55.6 Å². The minimum atomic E-state index is -0.111. The molecular weight excluding hydrogens is 307 g/mol. The summed E-state index contributed by atoms with van der Waals surface area (Å²) < 4.78 is 5.55. The standard InChI is InChI=1S/C13H11Cl3N2O/c1-13(2,3)6-19-12-10(15)8(5-18)7(4-17)9(14)11(12)16/h6H2,1-3H3. The third-order valence-corrected chi connectivity index (χ3v) is 3.35. The van der Waals surface area contributed by atoms with Gasteiger partial charge in [-0.15, -0.1) is 0 Å². The molecule has 1 aromatic rings. The number of hydrogen-bond acceptors (Lipinski definition) is 3. The fourth-order valence-electron chi connectivity index (χ4n) is 1.26. The molecule has 0 fully saturated rings. The molecule has 0 aliphatic heterocycles. The highest BCUT2D eigenvalue weighted by atomic mass is 35.5. The van der Waals surface area contributed by atoms with E-state index in [9.17, 15) is 0 Å². The van der Waals surface area contributed by atoms with Crippen LogP contribution in [0.1, 0.15) is 31.9 Å². The molecule has 0 saturated carbocycles. The first kappa shape index (κ1) is 15.9. The van der Waals surface area contributed by atoms with E-state index in [-0.39, 0.29) is 37.4 Å². The van der Waals surface area contributed by atoms with E-state index in [1.165, 1.54) is 0 Å². The van der Waals surface area contributed by atoms with Crippen molar-refractivity contribution in [2.24, 2.45) is 5.41 Å². The Bertz CT molecular complexity index is 592. The van der Waals surface area contributed by atoms with Crippen LogP contribution in [0.2, 0.25) is 15.1 Å². The highest BCUT2D eigenvalue weighted by Gasteiger charge is 2.23. The number of hydrogen-bond donors (Lipinski definition) is 0. The van der Waals surface area contributed by atoms with Crippen LogP contribution in [0.15, 0.2) is 0 Å². The van der Waals surface area contributed by atoms with Crippen molar-refractivity contribution >= 4 is 34.8 Å². The van der Waals surface area contributed by atoms with Crippen LogP contribution in [0.4, 0.5) is 0 Å². The maximum Gasteiger partial charge on any atom is 0.159 e. The lowest BCUT2D eigenvalue weighted by Gasteiger charge is -2.21. The summed E-state index contributed by atoms with van der Waals surface area (Å²) in [6, 6.07) is 3.66. The zero-order valence-electron chi connectivity index (χ0n) is 10.6. The molecule has 0 heterocycles. The summed E-state index contributed by atoms with van der Waals surface area (Å²) in [5.74, 6) is 0.138. The quantitative estimate of drug-likeness (QED) is 0.735. The molecule has 0 bridgehead atoms. The molecule has 19 heavy (non-hydrogen) atoms. The van der Waals surface area contributed by atoms with E-state index in [2.05, 4.69) is 0 Å². The summed E-state index contributed by atoms with van der Waals surface area (Å²) in [6.07, 6.45) is 0. The Morgan fingerprint density at radius 2 is 1.42 bits per heavy atom. The van der Waals surface area contributed by atoms with E-state index in [1.54, 1.807) is 0 Å². The van der Waals surface area contributed by atoms with Gasteiger partial charge >= 0.3 is 0 Å². The Labute approximate surface area is 127 Å². The van der Waals surface area contributed by atoms with Crippen molar-refractivity contribution < 1.29 is 4.74 Å². The second-order valence-electron chi connectivity index (χ2n) is 5.09. The topological polar surface area (TPSA) is 56.8 Å².